The van der Waals surface area contributed by atoms with Crippen molar-refractivity contribution in [3.63, 3.8) is 0 Å². The van der Waals surface area contributed by atoms with Crippen molar-refractivity contribution in [3.8, 4) is 0 Å². The van der Waals surface area contributed by atoms with Crippen LogP contribution in [0.4, 0.5) is 0 Å². The van der Waals surface area contributed by atoms with E-state index in [2.05, 4.69) is 5.32 Å². The molecule has 0 radical (unpaired) electrons. The highest BCUT2D eigenvalue weighted by Crippen LogP contribution is 2.00. The van der Waals surface area contributed by atoms with Crippen LogP contribution >= 0.6 is 0 Å². The van der Waals surface area contributed by atoms with Crippen LogP contribution in [-0.4, -0.2) is 13.0 Å². The molecule has 1 N–H and O–H groups in total. The maximum Gasteiger partial charge on any atom is 0.246 e. The molecule has 0 aliphatic heterocycles. The van der Waals surface area contributed by atoms with Crippen molar-refractivity contribution >= 4 is 5.91 Å². The molecule has 0 rings (SSSR count). The average Bonchev–Trinajstić information content (AvgIpc) is 2.02. The zero-order valence-corrected chi connectivity index (χ0v) is 7.56. The van der Waals surface area contributed by atoms with E-state index >= 15 is 0 Å². The van der Waals surface area contributed by atoms with Crippen LogP contribution < -0.4 is 5.32 Å². The van der Waals surface area contributed by atoms with E-state index in [0.29, 0.717) is 0 Å². The van der Waals surface area contributed by atoms with Gasteiger partial charge in [-0.2, -0.15) is 0 Å². The molecule has 0 fully saturated rings. The Morgan fingerprint density at radius 1 is 1.36 bits per heavy atom. The standard InChI is InChI=1S/C9H15NO/c1-5-7(2)6-8(3)9(11)10-4/h5-6H,1-4H3,(H,10,11)/b7-5-,8-6+. The van der Waals surface area contributed by atoms with Gasteiger partial charge < -0.3 is 5.32 Å². The fourth-order valence-corrected chi connectivity index (χ4v) is 0.688. The molecule has 0 saturated carbocycles. The van der Waals surface area contributed by atoms with Gasteiger partial charge in [0, 0.05) is 12.6 Å². The second-order valence-electron chi connectivity index (χ2n) is 2.44. The van der Waals surface area contributed by atoms with E-state index < -0.39 is 0 Å². The molecule has 0 aromatic carbocycles. The van der Waals surface area contributed by atoms with Gasteiger partial charge in [0.15, 0.2) is 0 Å². The minimum atomic E-state index is -0.0220. The fraction of sp³-hybridized carbons (Fsp3) is 0.444. The SMILES string of the molecule is C/C=C(C)\C=C(/C)C(=O)NC. The maximum absolute atomic E-state index is 11.0. The van der Waals surface area contributed by atoms with Crippen LogP contribution in [-0.2, 0) is 4.79 Å². The van der Waals surface area contributed by atoms with Gasteiger partial charge in [-0.1, -0.05) is 17.7 Å². The number of nitrogens with one attached hydrogen (secondary N) is 1. The van der Waals surface area contributed by atoms with E-state index in [-0.39, 0.29) is 5.91 Å². The number of carbonyl (C=O) groups is 1. The Morgan fingerprint density at radius 2 is 1.91 bits per heavy atom. The lowest BCUT2D eigenvalue weighted by atomic mass is 10.2. The van der Waals surface area contributed by atoms with Gasteiger partial charge in [-0.25, -0.2) is 0 Å². The minimum Gasteiger partial charge on any atom is -0.355 e. The summed E-state index contributed by atoms with van der Waals surface area (Å²) in [4.78, 5) is 11.0. The van der Waals surface area contributed by atoms with Crippen LogP contribution in [0.15, 0.2) is 23.3 Å². The smallest absolute Gasteiger partial charge is 0.246 e. The molecule has 0 heterocycles. The Balaban J connectivity index is 4.34. The van der Waals surface area contributed by atoms with Crippen LogP contribution in [0.25, 0.3) is 0 Å². The Kier molecular flexibility index (Phi) is 4.27. The van der Waals surface area contributed by atoms with Crippen molar-refractivity contribution in [2.24, 2.45) is 0 Å². The first-order valence-corrected chi connectivity index (χ1v) is 3.65. The van der Waals surface area contributed by atoms with E-state index in [9.17, 15) is 4.79 Å². The lowest BCUT2D eigenvalue weighted by molar-refractivity contribution is -0.116. The van der Waals surface area contributed by atoms with Crippen molar-refractivity contribution in [2.75, 3.05) is 7.05 Å². The summed E-state index contributed by atoms with van der Waals surface area (Å²) in [6.07, 6.45) is 3.82. The van der Waals surface area contributed by atoms with Crippen molar-refractivity contribution in [1.82, 2.24) is 5.32 Å². The summed E-state index contributed by atoms with van der Waals surface area (Å²) in [5, 5.41) is 2.56. The highest BCUT2D eigenvalue weighted by atomic mass is 16.1. The number of likely N-dealkylation sites (N-methyl/N-ethyl adjacent to an activating group) is 1. The normalized spacial score (nSPS) is 13.1. The molecule has 0 aromatic heterocycles. The molecule has 1 amide bonds. The Labute approximate surface area is 68.0 Å². The van der Waals surface area contributed by atoms with Gasteiger partial charge in [0.1, 0.15) is 0 Å². The van der Waals surface area contributed by atoms with Gasteiger partial charge >= 0.3 is 0 Å². The molecule has 0 aliphatic carbocycles. The van der Waals surface area contributed by atoms with Gasteiger partial charge in [0.2, 0.25) is 5.91 Å². The number of amides is 1. The van der Waals surface area contributed by atoms with E-state index in [4.69, 9.17) is 0 Å². The van der Waals surface area contributed by atoms with Crippen LogP contribution in [0.2, 0.25) is 0 Å². The summed E-state index contributed by atoms with van der Waals surface area (Å²) < 4.78 is 0. The number of carbonyl (C=O) groups excluding carboxylic acids is 1. The third-order valence-corrected chi connectivity index (χ3v) is 1.48. The number of hydrogen-bond acceptors (Lipinski definition) is 1. The number of allylic oxidation sites excluding steroid dienone is 3. The monoisotopic (exact) mass is 153 g/mol. The average molecular weight is 153 g/mol. The molecular weight excluding hydrogens is 138 g/mol. The van der Waals surface area contributed by atoms with Crippen LogP contribution in [0.3, 0.4) is 0 Å². The highest BCUT2D eigenvalue weighted by Gasteiger charge is 1.98. The van der Waals surface area contributed by atoms with Crippen LogP contribution in [0.5, 0.6) is 0 Å². The van der Waals surface area contributed by atoms with E-state index in [1.165, 1.54) is 0 Å². The summed E-state index contributed by atoms with van der Waals surface area (Å²) in [5.41, 5.74) is 1.84. The predicted molar refractivity (Wildman–Crippen MR) is 47.3 cm³/mol. The quantitative estimate of drug-likeness (QED) is 0.474. The summed E-state index contributed by atoms with van der Waals surface area (Å²) in [7, 11) is 1.63. The molecule has 2 nitrogen and oxygen atoms in total. The third-order valence-electron chi connectivity index (χ3n) is 1.48. The summed E-state index contributed by atoms with van der Waals surface area (Å²) in [5.74, 6) is -0.0220. The van der Waals surface area contributed by atoms with E-state index in [0.717, 1.165) is 11.1 Å². The van der Waals surface area contributed by atoms with Crippen molar-refractivity contribution in [2.45, 2.75) is 20.8 Å². The van der Waals surface area contributed by atoms with Gasteiger partial charge in [-0.05, 0) is 20.8 Å². The molecule has 0 aliphatic rings. The Hall–Kier alpha value is -1.05. The molecular formula is C9H15NO. The molecule has 0 unspecified atom stereocenters. The topological polar surface area (TPSA) is 29.1 Å². The first-order valence-electron chi connectivity index (χ1n) is 3.65. The van der Waals surface area contributed by atoms with Gasteiger partial charge in [0.05, 0.1) is 0 Å². The van der Waals surface area contributed by atoms with Crippen LogP contribution in [0.1, 0.15) is 20.8 Å². The molecule has 11 heavy (non-hydrogen) atoms. The molecule has 0 spiro atoms. The van der Waals surface area contributed by atoms with Gasteiger partial charge in [-0.15, -0.1) is 0 Å². The zero-order valence-electron chi connectivity index (χ0n) is 7.56. The predicted octanol–water partition coefficient (Wildman–Crippen LogP) is 1.64. The van der Waals surface area contributed by atoms with Crippen molar-refractivity contribution in [1.29, 1.82) is 0 Å². The first-order chi connectivity index (χ1) is 5.11. The maximum atomic E-state index is 11.0. The van der Waals surface area contributed by atoms with Gasteiger partial charge in [-0.3, -0.25) is 4.79 Å². The van der Waals surface area contributed by atoms with Crippen molar-refractivity contribution in [3.05, 3.63) is 23.3 Å². The molecule has 0 saturated heterocycles. The Morgan fingerprint density at radius 3 is 2.27 bits per heavy atom. The molecule has 2 heteroatoms. The summed E-state index contributed by atoms with van der Waals surface area (Å²) in [6, 6.07) is 0. The molecule has 0 aromatic rings. The van der Waals surface area contributed by atoms with E-state index in [1.807, 2.05) is 26.0 Å². The largest absolute Gasteiger partial charge is 0.355 e. The second-order valence-corrected chi connectivity index (χ2v) is 2.44. The van der Waals surface area contributed by atoms with E-state index in [1.54, 1.807) is 14.0 Å². The molecule has 0 bridgehead atoms. The fourth-order valence-electron chi connectivity index (χ4n) is 0.688. The lowest BCUT2D eigenvalue weighted by Crippen LogP contribution is -2.18. The third kappa shape index (κ3) is 3.61. The summed E-state index contributed by atoms with van der Waals surface area (Å²) in [6.45, 7) is 5.71. The second kappa shape index (κ2) is 4.72. The molecule has 0 atom stereocenters. The number of rotatable bonds is 2. The Bertz CT molecular complexity index is 202. The highest BCUT2D eigenvalue weighted by molar-refractivity contribution is 5.92. The summed E-state index contributed by atoms with van der Waals surface area (Å²) >= 11 is 0. The molecule has 62 valence electrons. The first kappa shape index (κ1) is 9.95. The minimum absolute atomic E-state index is 0.0220. The lowest BCUT2D eigenvalue weighted by Gasteiger charge is -1.98. The van der Waals surface area contributed by atoms with Gasteiger partial charge in [0.25, 0.3) is 0 Å². The van der Waals surface area contributed by atoms with Crippen molar-refractivity contribution < 1.29 is 4.79 Å². The van der Waals surface area contributed by atoms with Crippen LogP contribution in [0, 0.1) is 0 Å². The zero-order chi connectivity index (χ0) is 8.85. The number of hydrogen-bond donors (Lipinski definition) is 1.